The van der Waals surface area contributed by atoms with Crippen LogP contribution in [0.25, 0.3) is 0 Å². The van der Waals surface area contributed by atoms with Crippen molar-refractivity contribution in [1.29, 1.82) is 0 Å². The standard InChI is InChI=1S/C12H13ClO3/c1-8-3-11(15-2)9(4-10(8)13)12(5-14)6-16-7-12/h3-5H,6-7H2,1-2H3. The molecule has 1 heterocycles. The third-order valence-electron chi connectivity index (χ3n) is 2.96. The zero-order chi connectivity index (χ0) is 11.8. The molecule has 0 aromatic heterocycles. The number of methoxy groups -OCH3 is 1. The molecular formula is C12H13ClO3. The summed E-state index contributed by atoms with van der Waals surface area (Å²) in [6, 6.07) is 3.65. The number of ether oxygens (including phenoxy) is 2. The molecule has 0 amide bonds. The fourth-order valence-electron chi connectivity index (χ4n) is 1.82. The fourth-order valence-corrected chi connectivity index (χ4v) is 1.99. The minimum absolute atomic E-state index is 0.395. The Morgan fingerprint density at radius 3 is 2.62 bits per heavy atom. The largest absolute Gasteiger partial charge is 0.496 e. The zero-order valence-electron chi connectivity index (χ0n) is 9.25. The highest BCUT2D eigenvalue weighted by molar-refractivity contribution is 6.31. The van der Waals surface area contributed by atoms with Crippen LogP contribution < -0.4 is 4.74 Å². The van der Waals surface area contributed by atoms with E-state index in [4.69, 9.17) is 21.1 Å². The highest BCUT2D eigenvalue weighted by Gasteiger charge is 2.42. The predicted molar refractivity (Wildman–Crippen MR) is 61.3 cm³/mol. The highest BCUT2D eigenvalue weighted by Crippen LogP contribution is 2.39. The van der Waals surface area contributed by atoms with Crippen molar-refractivity contribution in [3.63, 3.8) is 0 Å². The van der Waals surface area contributed by atoms with E-state index in [1.165, 1.54) is 0 Å². The van der Waals surface area contributed by atoms with Gasteiger partial charge >= 0.3 is 0 Å². The number of aldehydes is 1. The van der Waals surface area contributed by atoms with E-state index < -0.39 is 5.41 Å². The monoisotopic (exact) mass is 240 g/mol. The maximum atomic E-state index is 11.2. The van der Waals surface area contributed by atoms with Gasteiger partial charge in [-0.3, -0.25) is 0 Å². The lowest BCUT2D eigenvalue weighted by atomic mass is 9.79. The Hall–Kier alpha value is -1.06. The Balaban J connectivity index is 2.54. The number of hydrogen-bond donors (Lipinski definition) is 0. The molecule has 0 saturated carbocycles. The summed E-state index contributed by atoms with van der Waals surface area (Å²) in [4.78, 5) is 11.2. The van der Waals surface area contributed by atoms with Crippen molar-refractivity contribution in [1.82, 2.24) is 0 Å². The smallest absolute Gasteiger partial charge is 0.135 e. The number of rotatable bonds is 3. The van der Waals surface area contributed by atoms with Crippen LogP contribution in [0.15, 0.2) is 12.1 Å². The average molecular weight is 241 g/mol. The zero-order valence-corrected chi connectivity index (χ0v) is 10.0. The summed E-state index contributed by atoms with van der Waals surface area (Å²) in [5.74, 6) is 0.692. The van der Waals surface area contributed by atoms with E-state index in [-0.39, 0.29) is 0 Å². The molecule has 1 fully saturated rings. The van der Waals surface area contributed by atoms with Crippen LogP contribution in [0.1, 0.15) is 11.1 Å². The number of halogens is 1. The molecule has 2 rings (SSSR count). The lowest BCUT2D eigenvalue weighted by Crippen LogP contribution is -2.48. The maximum absolute atomic E-state index is 11.2. The quantitative estimate of drug-likeness (QED) is 0.760. The average Bonchev–Trinajstić information content (AvgIpc) is 2.22. The molecule has 1 aliphatic heterocycles. The third kappa shape index (κ3) is 1.60. The normalized spacial score (nSPS) is 17.7. The van der Waals surface area contributed by atoms with Crippen LogP contribution in [0.5, 0.6) is 5.75 Å². The summed E-state index contributed by atoms with van der Waals surface area (Å²) in [5.41, 5.74) is 1.17. The van der Waals surface area contributed by atoms with Crippen molar-refractivity contribution in [2.45, 2.75) is 12.3 Å². The molecule has 86 valence electrons. The number of carbonyl (C=O) groups excluding carboxylic acids is 1. The van der Waals surface area contributed by atoms with Crippen LogP contribution in [0.2, 0.25) is 5.02 Å². The topological polar surface area (TPSA) is 35.5 Å². The van der Waals surface area contributed by atoms with Gasteiger partial charge in [-0.05, 0) is 24.6 Å². The van der Waals surface area contributed by atoms with Crippen molar-refractivity contribution >= 4 is 17.9 Å². The van der Waals surface area contributed by atoms with Gasteiger partial charge in [0.1, 0.15) is 17.5 Å². The molecule has 4 heteroatoms. The minimum atomic E-state index is -0.581. The molecule has 0 N–H and O–H groups in total. The van der Waals surface area contributed by atoms with Crippen LogP contribution in [0, 0.1) is 6.92 Å². The van der Waals surface area contributed by atoms with Crippen LogP contribution in [0.4, 0.5) is 0 Å². The van der Waals surface area contributed by atoms with Crippen molar-refractivity contribution < 1.29 is 14.3 Å². The molecule has 1 aromatic carbocycles. The summed E-state index contributed by atoms with van der Waals surface area (Å²) in [5, 5.41) is 0.643. The van der Waals surface area contributed by atoms with Crippen molar-refractivity contribution in [3.8, 4) is 5.75 Å². The van der Waals surface area contributed by atoms with Gasteiger partial charge in [0.25, 0.3) is 0 Å². The molecule has 1 saturated heterocycles. The first-order valence-corrected chi connectivity index (χ1v) is 5.39. The summed E-state index contributed by atoms with van der Waals surface area (Å²) < 4.78 is 10.4. The summed E-state index contributed by atoms with van der Waals surface area (Å²) >= 11 is 6.07. The van der Waals surface area contributed by atoms with Gasteiger partial charge in [0, 0.05) is 10.6 Å². The first kappa shape index (κ1) is 11.4. The lowest BCUT2D eigenvalue weighted by molar-refractivity contribution is -0.130. The Morgan fingerprint density at radius 1 is 1.50 bits per heavy atom. The Labute approximate surface area is 99.3 Å². The number of hydrogen-bond acceptors (Lipinski definition) is 3. The number of carbonyl (C=O) groups is 1. The Kier molecular flexibility index (Phi) is 2.91. The second-order valence-corrected chi connectivity index (χ2v) is 4.48. The highest BCUT2D eigenvalue weighted by atomic mass is 35.5. The molecule has 0 radical (unpaired) electrons. The van der Waals surface area contributed by atoms with E-state index in [1.807, 2.05) is 13.0 Å². The second kappa shape index (κ2) is 4.07. The Bertz CT molecular complexity index is 425. The summed E-state index contributed by atoms with van der Waals surface area (Å²) in [7, 11) is 1.59. The summed E-state index contributed by atoms with van der Waals surface area (Å²) in [6.45, 7) is 2.69. The van der Waals surface area contributed by atoms with Crippen molar-refractivity contribution in [3.05, 3.63) is 28.3 Å². The first-order chi connectivity index (χ1) is 7.63. The van der Waals surface area contributed by atoms with Gasteiger partial charge in [-0.15, -0.1) is 0 Å². The number of aryl methyl sites for hydroxylation is 1. The second-order valence-electron chi connectivity index (χ2n) is 4.07. The van der Waals surface area contributed by atoms with Crippen LogP contribution in [0.3, 0.4) is 0 Å². The van der Waals surface area contributed by atoms with Crippen molar-refractivity contribution in [2.24, 2.45) is 0 Å². The molecule has 1 aliphatic rings. The molecule has 0 bridgehead atoms. The van der Waals surface area contributed by atoms with Crippen LogP contribution in [-0.4, -0.2) is 26.6 Å². The molecule has 16 heavy (non-hydrogen) atoms. The van der Waals surface area contributed by atoms with Gasteiger partial charge in [0.05, 0.1) is 20.3 Å². The van der Waals surface area contributed by atoms with Gasteiger partial charge in [-0.25, -0.2) is 0 Å². The molecule has 0 aliphatic carbocycles. The molecule has 0 spiro atoms. The van der Waals surface area contributed by atoms with Crippen molar-refractivity contribution in [2.75, 3.05) is 20.3 Å². The fraction of sp³-hybridized carbons (Fsp3) is 0.417. The van der Waals surface area contributed by atoms with Crippen LogP contribution in [-0.2, 0) is 14.9 Å². The van der Waals surface area contributed by atoms with E-state index in [0.717, 1.165) is 17.4 Å². The van der Waals surface area contributed by atoms with Gasteiger partial charge in [0.15, 0.2) is 0 Å². The van der Waals surface area contributed by atoms with Gasteiger partial charge in [-0.2, -0.15) is 0 Å². The number of benzene rings is 1. The summed E-state index contributed by atoms with van der Waals surface area (Å²) in [6.07, 6.45) is 0.917. The van der Waals surface area contributed by atoms with E-state index in [2.05, 4.69) is 0 Å². The molecule has 0 atom stereocenters. The SMILES string of the molecule is COc1cc(C)c(Cl)cc1C1(C=O)COC1. The van der Waals surface area contributed by atoms with E-state index in [1.54, 1.807) is 13.2 Å². The van der Waals surface area contributed by atoms with E-state index >= 15 is 0 Å². The third-order valence-corrected chi connectivity index (χ3v) is 3.37. The minimum Gasteiger partial charge on any atom is -0.496 e. The van der Waals surface area contributed by atoms with E-state index in [9.17, 15) is 4.79 Å². The van der Waals surface area contributed by atoms with Crippen LogP contribution >= 0.6 is 11.6 Å². The molecule has 3 nitrogen and oxygen atoms in total. The Morgan fingerprint density at radius 2 is 2.19 bits per heavy atom. The predicted octanol–water partition coefficient (Wildman–Crippen LogP) is 2.12. The maximum Gasteiger partial charge on any atom is 0.135 e. The molecule has 0 unspecified atom stereocenters. The molecular weight excluding hydrogens is 228 g/mol. The van der Waals surface area contributed by atoms with Gasteiger partial charge in [0.2, 0.25) is 0 Å². The first-order valence-electron chi connectivity index (χ1n) is 5.01. The van der Waals surface area contributed by atoms with Gasteiger partial charge in [-0.1, -0.05) is 11.6 Å². The lowest BCUT2D eigenvalue weighted by Gasteiger charge is -2.37. The van der Waals surface area contributed by atoms with Gasteiger partial charge < -0.3 is 14.3 Å². The molecule has 1 aromatic rings. The van der Waals surface area contributed by atoms with E-state index in [0.29, 0.717) is 24.0 Å².